The second-order valence-corrected chi connectivity index (χ2v) is 2.67. The van der Waals surface area contributed by atoms with Gasteiger partial charge in [0.2, 0.25) is 0 Å². The van der Waals surface area contributed by atoms with Crippen molar-refractivity contribution in [1.29, 1.82) is 0 Å². The predicted octanol–water partition coefficient (Wildman–Crippen LogP) is 1.28. The molecule has 0 aliphatic heterocycles. The largest absolute Gasteiger partial charge is 0.529 e. The Kier molecular flexibility index (Phi) is 4.46. The number of hydrogen-bond acceptors (Lipinski definition) is 6. The Morgan fingerprint density at radius 1 is 1.50 bits per heavy atom. The molecule has 0 bridgehead atoms. The Morgan fingerprint density at radius 2 is 2.00 bits per heavy atom. The maximum atomic E-state index is 10.5. The van der Waals surface area contributed by atoms with E-state index in [0.717, 1.165) is 0 Å². The lowest BCUT2D eigenvalue weighted by Gasteiger charge is -2.06. The monoisotopic (exact) mass is 170 g/mol. The Hall–Kier alpha value is -0.230. The van der Waals surface area contributed by atoms with Crippen LogP contribution in [0.5, 0.6) is 0 Å². The Morgan fingerprint density at radius 3 is 2.30 bits per heavy atom. The van der Waals surface area contributed by atoms with E-state index >= 15 is 0 Å². The normalized spacial score (nSPS) is 11.4. The number of phosphoric acid groups is 1. The van der Waals surface area contributed by atoms with Crippen LogP contribution < -0.4 is 0 Å². The van der Waals surface area contributed by atoms with Crippen LogP contribution in [0.1, 0.15) is 0 Å². The molecule has 0 amide bonds. The molecule has 0 atom stereocenters. The molecule has 10 heavy (non-hydrogen) atoms. The lowest BCUT2D eigenvalue weighted by Crippen LogP contribution is -1.94. The fraction of sp³-hybridized carbons (Fsp3) is 0.333. The van der Waals surface area contributed by atoms with E-state index in [1.165, 1.54) is 6.08 Å². The van der Waals surface area contributed by atoms with Gasteiger partial charge in [0, 0.05) is 0 Å². The highest BCUT2D eigenvalue weighted by atomic mass is 31.2. The van der Waals surface area contributed by atoms with Crippen LogP contribution in [0.15, 0.2) is 12.7 Å². The summed E-state index contributed by atoms with van der Waals surface area (Å²) in [6.07, 6.45) is 1.24. The van der Waals surface area contributed by atoms with E-state index in [-0.39, 0.29) is 6.61 Å². The predicted molar refractivity (Wildman–Crippen MR) is 31.2 cm³/mol. The summed E-state index contributed by atoms with van der Waals surface area (Å²) in [7, 11) is -4.16. The SMILES string of the molecule is C=CCOP(=O)(OO)OO. The van der Waals surface area contributed by atoms with Crippen molar-refractivity contribution in [2.45, 2.75) is 0 Å². The Labute approximate surface area is 57.1 Å². The summed E-state index contributed by atoms with van der Waals surface area (Å²) in [6.45, 7) is 3.04. The van der Waals surface area contributed by atoms with Crippen LogP contribution in [0.25, 0.3) is 0 Å². The first-order valence-electron chi connectivity index (χ1n) is 2.20. The molecule has 0 heterocycles. The van der Waals surface area contributed by atoms with Crippen molar-refractivity contribution in [3.63, 3.8) is 0 Å². The molecule has 0 spiro atoms. The van der Waals surface area contributed by atoms with Crippen molar-refractivity contribution in [3.8, 4) is 0 Å². The summed E-state index contributed by atoms with van der Waals surface area (Å²) in [5.41, 5.74) is 0. The lowest BCUT2D eigenvalue weighted by molar-refractivity contribution is -0.227. The molecular formula is C3H7O6P. The summed E-state index contributed by atoms with van der Waals surface area (Å²) in [6, 6.07) is 0. The highest BCUT2D eigenvalue weighted by Crippen LogP contribution is 2.46. The van der Waals surface area contributed by atoms with Crippen molar-refractivity contribution in [3.05, 3.63) is 12.7 Å². The van der Waals surface area contributed by atoms with Crippen LogP contribution in [0.2, 0.25) is 0 Å². The van der Waals surface area contributed by atoms with Gasteiger partial charge in [0.15, 0.2) is 0 Å². The van der Waals surface area contributed by atoms with Gasteiger partial charge in [-0.15, -0.1) is 15.9 Å². The molecule has 60 valence electrons. The van der Waals surface area contributed by atoms with E-state index in [9.17, 15) is 4.57 Å². The van der Waals surface area contributed by atoms with Gasteiger partial charge < -0.3 is 0 Å². The van der Waals surface area contributed by atoms with E-state index in [1.54, 1.807) is 0 Å². The van der Waals surface area contributed by atoms with E-state index in [0.29, 0.717) is 0 Å². The number of hydrogen-bond donors (Lipinski definition) is 2. The van der Waals surface area contributed by atoms with Gasteiger partial charge in [0.1, 0.15) is 0 Å². The molecule has 0 rings (SSSR count). The third-order valence-corrected chi connectivity index (χ3v) is 1.42. The first kappa shape index (κ1) is 9.77. The second kappa shape index (κ2) is 4.56. The highest BCUT2D eigenvalue weighted by molar-refractivity contribution is 7.48. The molecule has 6 nitrogen and oxygen atoms in total. The summed E-state index contributed by atoms with van der Waals surface area (Å²) >= 11 is 0. The standard InChI is InChI=1S/C3H7O6P/c1-2-3-7-10(6,8-4)9-5/h2,4-5H,1,3H2. The minimum Gasteiger partial charge on any atom is -0.280 e. The van der Waals surface area contributed by atoms with Crippen molar-refractivity contribution < 1.29 is 29.0 Å². The molecule has 0 saturated carbocycles. The Balaban J connectivity index is 3.81. The molecule has 0 radical (unpaired) electrons. The van der Waals surface area contributed by atoms with Gasteiger partial charge in [-0.1, -0.05) is 6.08 Å². The lowest BCUT2D eigenvalue weighted by atomic mass is 10.7. The molecule has 0 aromatic rings. The van der Waals surface area contributed by atoms with E-state index < -0.39 is 7.82 Å². The van der Waals surface area contributed by atoms with Crippen LogP contribution in [-0.2, 0) is 18.4 Å². The minimum absolute atomic E-state index is 0.168. The number of rotatable bonds is 5. The smallest absolute Gasteiger partial charge is 0.280 e. The zero-order valence-corrected chi connectivity index (χ0v) is 5.86. The molecule has 0 saturated heterocycles. The van der Waals surface area contributed by atoms with Gasteiger partial charge in [-0.3, -0.25) is 4.52 Å². The average Bonchev–Trinajstić information content (AvgIpc) is 2.00. The van der Waals surface area contributed by atoms with Crippen LogP contribution in [0.4, 0.5) is 0 Å². The zero-order chi connectivity index (χ0) is 8.04. The van der Waals surface area contributed by atoms with Gasteiger partial charge in [-0.25, -0.2) is 15.1 Å². The van der Waals surface area contributed by atoms with Crippen molar-refractivity contribution >= 4 is 7.82 Å². The van der Waals surface area contributed by atoms with Crippen molar-refractivity contribution in [1.82, 2.24) is 0 Å². The quantitative estimate of drug-likeness (QED) is 0.279. The highest BCUT2D eigenvalue weighted by Gasteiger charge is 2.26. The van der Waals surface area contributed by atoms with Gasteiger partial charge in [0.05, 0.1) is 6.61 Å². The van der Waals surface area contributed by atoms with Crippen molar-refractivity contribution in [2.75, 3.05) is 6.61 Å². The van der Waals surface area contributed by atoms with Crippen molar-refractivity contribution in [2.24, 2.45) is 0 Å². The van der Waals surface area contributed by atoms with Crippen LogP contribution in [-0.4, -0.2) is 17.1 Å². The van der Waals surface area contributed by atoms with Crippen LogP contribution >= 0.6 is 7.82 Å². The fourth-order valence-corrected chi connectivity index (χ4v) is 0.618. The van der Waals surface area contributed by atoms with Gasteiger partial charge in [-0.2, -0.15) is 0 Å². The fourth-order valence-electron chi connectivity index (χ4n) is 0.206. The third kappa shape index (κ3) is 3.07. The van der Waals surface area contributed by atoms with Crippen LogP contribution in [0, 0.1) is 0 Å². The molecule has 7 heteroatoms. The summed E-state index contributed by atoms with van der Waals surface area (Å²) < 4.78 is 21.1. The first-order valence-corrected chi connectivity index (χ1v) is 3.66. The zero-order valence-electron chi connectivity index (χ0n) is 4.97. The van der Waals surface area contributed by atoms with Gasteiger partial charge >= 0.3 is 7.82 Å². The molecule has 0 aliphatic rings. The third-order valence-electron chi connectivity index (χ3n) is 0.551. The minimum atomic E-state index is -4.16. The summed E-state index contributed by atoms with van der Waals surface area (Å²) in [4.78, 5) is 0. The van der Waals surface area contributed by atoms with E-state index in [1.807, 2.05) is 0 Å². The van der Waals surface area contributed by atoms with Crippen LogP contribution in [0.3, 0.4) is 0 Å². The average molecular weight is 170 g/mol. The summed E-state index contributed by atoms with van der Waals surface area (Å²) in [5, 5.41) is 15.6. The molecule has 0 aromatic carbocycles. The molecular weight excluding hydrogens is 163 g/mol. The maximum absolute atomic E-state index is 10.5. The maximum Gasteiger partial charge on any atom is 0.529 e. The topological polar surface area (TPSA) is 85.2 Å². The van der Waals surface area contributed by atoms with E-state index in [4.69, 9.17) is 10.5 Å². The van der Waals surface area contributed by atoms with Gasteiger partial charge in [-0.05, 0) is 0 Å². The van der Waals surface area contributed by atoms with E-state index in [2.05, 4.69) is 20.5 Å². The Bertz CT molecular complexity index is 136. The first-order chi connectivity index (χ1) is 4.68. The second-order valence-electron chi connectivity index (χ2n) is 1.19. The molecule has 0 aliphatic carbocycles. The summed E-state index contributed by atoms with van der Waals surface area (Å²) in [5.74, 6) is 0. The van der Waals surface area contributed by atoms with Gasteiger partial charge in [0.25, 0.3) is 0 Å². The molecule has 0 aromatic heterocycles. The molecule has 0 unspecified atom stereocenters. The molecule has 2 N–H and O–H groups in total. The molecule has 0 fully saturated rings.